The first-order valence-electron chi connectivity index (χ1n) is 11.1. The molecule has 2 aliphatic heterocycles. The van der Waals surface area contributed by atoms with Crippen LogP contribution in [0.25, 0.3) is 0 Å². The topological polar surface area (TPSA) is 40.6 Å². The fourth-order valence-corrected chi connectivity index (χ4v) is 6.55. The fourth-order valence-electron chi connectivity index (χ4n) is 4.83. The molecule has 0 aromatic heterocycles. The SMILES string of the molecule is Cc1ccc2c(c1)[C@@]1(SC(C)(C)CN1C(=O)c1ccccc1F)C(=O)N2Cc1ccc(F)cc1. The lowest BCUT2D eigenvalue weighted by atomic mass is 10.0. The monoisotopic (exact) mass is 478 g/mol. The van der Waals surface area contributed by atoms with Crippen LogP contribution in [-0.2, 0) is 16.2 Å². The number of nitrogens with zero attached hydrogens (tertiary/aromatic N) is 2. The molecule has 5 rings (SSSR count). The summed E-state index contributed by atoms with van der Waals surface area (Å²) >= 11 is 1.42. The second-order valence-electron chi connectivity index (χ2n) is 9.42. The van der Waals surface area contributed by atoms with E-state index in [-0.39, 0.29) is 30.4 Å². The fraction of sp³-hybridized carbons (Fsp3) is 0.259. The molecular formula is C27H24F2N2O2S. The number of halogens is 2. The van der Waals surface area contributed by atoms with E-state index in [0.29, 0.717) is 5.69 Å². The van der Waals surface area contributed by atoms with Crippen molar-refractivity contribution in [3.63, 3.8) is 0 Å². The van der Waals surface area contributed by atoms with Gasteiger partial charge in [-0.05, 0) is 56.7 Å². The third kappa shape index (κ3) is 3.50. The van der Waals surface area contributed by atoms with Crippen LogP contribution in [0.4, 0.5) is 14.5 Å². The maximum Gasteiger partial charge on any atom is 0.268 e. The molecule has 1 spiro atoms. The number of amides is 2. The molecule has 3 aromatic rings. The first kappa shape index (κ1) is 22.6. The van der Waals surface area contributed by atoms with Crippen molar-refractivity contribution in [3.8, 4) is 0 Å². The number of thioether (sulfide) groups is 1. The molecule has 0 bridgehead atoms. The zero-order valence-electron chi connectivity index (χ0n) is 19.1. The van der Waals surface area contributed by atoms with Crippen LogP contribution in [0.3, 0.4) is 0 Å². The van der Waals surface area contributed by atoms with Crippen molar-refractivity contribution in [1.82, 2.24) is 4.90 Å². The summed E-state index contributed by atoms with van der Waals surface area (Å²) in [6.07, 6.45) is 0. The highest BCUT2D eigenvalue weighted by Crippen LogP contribution is 2.60. The van der Waals surface area contributed by atoms with Gasteiger partial charge >= 0.3 is 0 Å². The van der Waals surface area contributed by atoms with E-state index < -0.39 is 21.3 Å². The van der Waals surface area contributed by atoms with Crippen LogP contribution < -0.4 is 4.90 Å². The molecule has 2 amide bonds. The molecule has 2 aliphatic rings. The minimum Gasteiger partial charge on any atom is -0.310 e. The van der Waals surface area contributed by atoms with Crippen LogP contribution >= 0.6 is 11.8 Å². The van der Waals surface area contributed by atoms with Gasteiger partial charge in [0.15, 0.2) is 4.87 Å². The second-order valence-corrected chi connectivity index (χ2v) is 11.3. The Bertz CT molecular complexity index is 1310. The molecule has 1 atom stereocenters. The first-order valence-corrected chi connectivity index (χ1v) is 11.9. The predicted octanol–water partition coefficient (Wildman–Crippen LogP) is 5.64. The highest BCUT2D eigenvalue weighted by Gasteiger charge is 2.63. The summed E-state index contributed by atoms with van der Waals surface area (Å²) in [5.74, 6) is -1.73. The zero-order chi connectivity index (χ0) is 24.3. The minimum atomic E-state index is -1.32. The van der Waals surface area contributed by atoms with Crippen molar-refractivity contribution in [2.45, 2.75) is 36.9 Å². The van der Waals surface area contributed by atoms with Crippen molar-refractivity contribution in [1.29, 1.82) is 0 Å². The number of carbonyl (C=O) groups is 2. The summed E-state index contributed by atoms with van der Waals surface area (Å²) in [6.45, 7) is 6.43. The Labute approximate surface area is 201 Å². The first-order chi connectivity index (χ1) is 16.1. The summed E-state index contributed by atoms with van der Waals surface area (Å²) < 4.78 is 27.7. The van der Waals surface area contributed by atoms with Crippen molar-refractivity contribution in [2.75, 3.05) is 11.4 Å². The van der Waals surface area contributed by atoms with Gasteiger partial charge in [0.25, 0.3) is 11.8 Å². The Morgan fingerprint density at radius 2 is 1.74 bits per heavy atom. The summed E-state index contributed by atoms with van der Waals surface area (Å²) in [7, 11) is 0. The highest BCUT2D eigenvalue weighted by atomic mass is 32.2. The number of carbonyl (C=O) groups excluding carboxylic acids is 2. The van der Waals surface area contributed by atoms with E-state index in [1.165, 1.54) is 47.0 Å². The normalized spacial score (nSPS) is 20.8. The molecule has 2 heterocycles. The minimum absolute atomic E-state index is 0.0563. The third-order valence-corrected chi connectivity index (χ3v) is 7.88. The van der Waals surface area contributed by atoms with Gasteiger partial charge in [0.2, 0.25) is 0 Å². The van der Waals surface area contributed by atoms with Crippen LogP contribution in [0.2, 0.25) is 0 Å². The van der Waals surface area contributed by atoms with Crippen LogP contribution in [-0.4, -0.2) is 28.0 Å². The van der Waals surface area contributed by atoms with Gasteiger partial charge in [-0.25, -0.2) is 8.78 Å². The third-order valence-electron chi connectivity index (χ3n) is 6.29. The van der Waals surface area contributed by atoms with E-state index in [4.69, 9.17) is 0 Å². The van der Waals surface area contributed by atoms with Gasteiger partial charge in [-0.15, -0.1) is 11.8 Å². The standard InChI is InChI=1S/C27H24F2N2O2S/c1-17-8-13-23-21(14-17)27(25(33)30(23)15-18-9-11-19(28)12-10-18)31(16-26(2,3)34-27)24(32)20-6-4-5-7-22(20)29/h4-14H,15-16H2,1-3H3/t27-/m1/s1. The van der Waals surface area contributed by atoms with Gasteiger partial charge in [0, 0.05) is 16.9 Å². The maximum absolute atomic E-state index is 14.6. The van der Waals surface area contributed by atoms with E-state index >= 15 is 0 Å². The number of anilines is 1. The summed E-state index contributed by atoms with van der Waals surface area (Å²) in [4.78, 5) is 29.8. The number of hydrogen-bond donors (Lipinski definition) is 0. The molecule has 0 saturated carbocycles. The van der Waals surface area contributed by atoms with Gasteiger partial charge in [-0.1, -0.05) is 42.0 Å². The Kier molecular flexibility index (Phi) is 5.28. The number of rotatable bonds is 3. The van der Waals surface area contributed by atoms with Crippen molar-refractivity contribution in [2.24, 2.45) is 0 Å². The lowest BCUT2D eigenvalue weighted by Crippen LogP contribution is -2.50. The lowest BCUT2D eigenvalue weighted by molar-refractivity contribution is -0.123. The molecule has 0 aliphatic carbocycles. The molecule has 0 radical (unpaired) electrons. The molecule has 4 nitrogen and oxygen atoms in total. The predicted molar refractivity (Wildman–Crippen MR) is 130 cm³/mol. The van der Waals surface area contributed by atoms with Gasteiger partial charge in [-0.2, -0.15) is 0 Å². The smallest absolute Gasteiger partial charge is 0.268 e. The molecule has 3 aromatic carbocycles. The second kappa shape index (κ2) is 7.94. The summed E-state index contributed by atoms with van der Waals surface area (Å²) in [5.41, 5.74) is 3.10. The number of fused-ring (bicyclic) bond motifs is 2. The molecular weight excluding hydrogens is 454 g/mol. The maximum atomic E-state index is 14.6. The molecule has 174 valence electrons. The molecule has 1 fully saturated rings. The van der Waals surface area contributed by atoms with E-state index in [1.807, 2.05) is 39.0 Å². The summed E-state index contributed by atoms with van der Waals surface area (Å²) in [6, 6.07) is 17.6. The Hall–Kier alpha value is -3.19. The average Bonchev–Trinajstić information content (AvgIpc) is 3.21. The zero-order valence-corrected chi connectivity index (χ0v) is 20.0. The van der Waals surface area contributed by atoms with E-state index in [1.54, 1.807) is 23.1 Å². The van der Waals surface area contributed by atoms with Crippen LogP contribution in [0.5, 0.6) is 0 Å². The molecule has 0 N–H and O–H groups in total. The number of benzene rings is 3. The van der Waals surface area contributed by atoms with E-state index in [0.717, 1.165) is 16.7 Å². The summed E-state index contributed by atoms with van der Waals surface area (Å²) in [5, 5.41) is 0. The molecule has 0 unspecified atom stereocenters. The Morgan fingerprint density at radius 3 is 2.44 bits per heavy atom. The average molecular weight is 479 g/mol. The van der Waals surface area contributed by atoms with Gasteiger partial charge in [0.05, 0.1) is 17.8 Å². The highest BCUT2D eigenvalue weighted by molar-refractivity contribution is 8.02. The van der Waals surface area contributed by atoms with Crippen LogP contribution in [0.1, 0.15) is 40.9 Å². The molecule has 7 heteroatoms. The number of hydrogen-bond acceptors (Lipinski definition) is 3. The molecule has 1 saturated heterocycles. The largest absolute Gasteiger partial charge is 0.310 e. The Morgan fingerprint density at radius 1 is 1.03 bits per heavy atom. The lowest BCUT2D eigenvalue weighted by Gasteiger charge is -2.33. The van der Waals surface area contributed by atoms with Crippen molar-refractivity contribution >= 4 is 29.3 Å². The quantitative estimate of drug-likeness (QED) is 0.489. The van der Waals surface area contributed by atoms with Crippen molar-refractivity contribution < 1.29 is 18.4 Å². The van der Waals surface area contributed by atoms with E-state index in [9.17, 15) is 18.4 Å². The van der Waals surface area contributed by atoms with Crippen LogP contribution in [0, 0.1) is 18.6 Å². The molecule has 34 heavy (non-hydrogen) atoms. The number of aryl methyl sites for hydroxylation is 1. The Balaban J connectivity index is 1.66. The van der Waals surface area contributed by atoms with Crippen molar-refractivity contribution in [3.05, 3.63) is 101 Å². The van der Waals surface area contributed by atoms with Gasteiger partial charge in [0.1, 0.15) is 11.6 Å². The van der Waals surface area contributed by atoms with Crippen LogP contribution in [0.15, 0.2) is 66.7 Å². The van der Waals surface area contributed by atoms with Gasteiger partial charge in [-0.3, -0.25) is 9.59 Å². The van der Waals surface area contributed by atoms with Gasteiger partial charge < -0.3 is 9.80 Å². The van der Waals surface area contributed by atoms with E-state index in [2.05, 4.69) is 0 Å².